The second kappa shape index (κ2) is 7.20. The number of hydrogen-bond acceptors (Lipinski definition) is 4. The lowest BCUT2D eigenvalue weighted by atomic mass is 9.67. The molecule has 0 saturated heterocycles. The Morgan fingerprint density at radius 1 is 0.469 bits per heavy atom. The van der Waals surface area contributed by atoms with Crippen LogP contribution in [-0.4, -0.2) is 20.4 Å². The molecule has 0 unspecified atom stereocenters. The fraction of sp³-hybridized carbons (Fsp3) is 0.0714. The highest BCUT2D eigenvalue weighted by Crippen LogP contribution is 2.52. The van der Waals surface area contributed by atoms with Gasteiger partial charge in [0.05, 0.1) is 5.41 Å². The van der Waals surface area contributed by atoms with Crippen LogP contribution in [0.25, 0.3) is 21.5 Å². The molecule has 0 heterocycles. The molecule has 5 aromatic carbocycles. The molecule has 0 aliphatic rings. The minimum Gasteiger partial charge on any atom is -0.507 e. The van der Waals surface area contributed by atoms with Crippen molar-refractivity contribution in [3.8, 4) is 23.0 Å². The zero-order chi connectivity index (χ0) is 22.5. The van der Waals surface area contributed by atoms with Crippen molar-refractivity contribution in [2.45, 2.75) is 12.3 Å². The summed E-state index contributed by atoms with van der Waals surface area (Å²) in [7, 11) is 0. The third-order valence-electron chi connectivity index (χ3n) is 6.36. The molecule has 0 fully saturated rings. The van der Waals surface area contributed by atoms with Gasteiger partial charge in [-0.25, -0.2) is 0 Å². The van der Waals surface area contributed by atoms with Gasteiger partial charge < -0.3 is 20.4 Å². The van der Waals surface area contributed by atoms with E-state index in [4.69, 9.17) is 0 Å². The Bertz CT molecular complexity index is 1380. The summed E-state index contributed by atoms with van der Waals surface area (Å²) in [6.07, 6.45) is 0. The van der Waals surface area contributed by atoms with Crippen LogP contribution in [0.1, 0.15) is 23.6 Å². The van der Waals surface area contributed by atoms with Crippen molar-refractivity contribution in [2.24, 2.45) is 0 Å². The van der Waals surface area contributed by atoms with E-state index < -0.39 is 5.41 Å². The molecule has 5 aromatic rings. The van der Waals surface area contributed by atoms with E-state index in [1.54, 1.807) is 12.1 Å². The SMILES string of the molecule is CC(c1ccccc1)(c1c(O)cc(O)c2ccccc12)c1c(O)cc(O)c2ccccc12. The van der Waals surface area contributed by atoms with Crippen LogP contribution in [0.2, 0.25) is 0 Å². The average molecular weight is 422 g/mol. The highest BCUT2D eigenvalue weighted by Gasteiger charge is 2.39. The molecule has 4 heteroatoms. The number of phenolic OH excluding ortho intramolecular Hbond substituents is 4. The Morgan fingerprint density at radius 3 is 1.28 bits per heavy atom. The predicted molar refractivity (Wildman–Crippen MR) is 127 cm³/mol. The van der Waals surface area contributed by atoms with Crippen molar-refractivity contribution in [1.29, 1.82) is 0 Å². The summed E-state index contributed by atoms with van der Waals surface area (Å²) >= 11 is 0. The molecule has 0 aliphatic carbocycles. The van der Waals surface area contributed by atoms with Gasteiger partial charge in [0.15, 0.2) is 0 Å². The van der Waals surface area contributed by atoms with Crippen molar-refractivity contribution in [2.75, 3.05) is 0 Å². The molecule has 0 aliphatic heterocycles. The Morgan fingerprint density at radius 2 is 0.844 bits per heavy atom. The first-order chi connectivity index (χ1) is 15.4. The smallest absolute Gasteiger partial charge is 0.127 e. The van der Waals surface area contributed by atoms with Gasteiger partial charge in [-0.3, -0.25) is 0 Å². The van der Waals surface area contributed by atoms with Gasteiger partial charge in [-0.15, -0.1) is 0 Å². The summed E-state index contributed by atoms with van der Waals surface area (Å²) in [5.74, 6) is -0.192. The Labute approximate surface area is 185 Å². The Balaban J connectivity index is 2.02. The van der Waals surface area contributed by atoms with E-state index in [2.05, 4.69) is 0 Å². The molecule has 0 radical (unpaired) electrons. The van der Waals surface area contributed by atoms with Crippen molar-refractivity contribution >= 4 is 21.5 Å². The summed E-state index contributed by atoms with van der Waals surface area (Å²) in [5, 5.41) is 45.9. The number of phenols is 4. The molecule has 0 saturated carbocycles. The summed E-state index contributed by atoms with van der Waals surface area (Å²) in [6.45, 7) is 1.94. The summed E-state index contributed by atoms with van der Waals surface area (Å²) in [6, 6.07) is 27.0. The lowest BCUT2D eigenvalue weighted by Gasteiger charge is -2.35. The first kappa shape index (κ1) is 19.8. The maximum atomic E-state index is 11.2. The zero-order valence-electron chi connectivity index (χ0n) is 17.4. The van der Waals surface area contributed by atoms with Gasteiger partial charge in [0.2, 0.25) is 0 Å². The standard InChI is InChI=1S/C28H22O4/c1-28(17-9-3-2-4-10-17,26-20-13-7-5-11-18(20)22(29)15-24(26)31)27-21-14-8-6-12-19(21)23(30)16-25(27)32/h2-16,29-32H,1H3. The lowest BCUT2D eigenvalue weighted by molar-refractivity contribution is 0.433. The van der Waals surface area contributed by atoms with Gasteiger partial charge in [0.1, 0.15) is 23.0 Å². The van der Waals surface area contributed by atoms with E-state index in [1.807, 2.05) is 73.7 Å². The van der Waals surface area contributed by atoms with Crippen LogP contribution in [0.5, 0.6) is 23.0 Å². The van der Waals surface area contributed by atoms with Crippen molar-refractivity contribution < 1.29 is 20.4 Å². The molecule has 0 aromatic heterocycles. The Kier molecular flexibility index (Phi) is 4.45. The first-order valence-electron chi connectivity index (χ1n) is 10.4. The van der Waals surface area contributed by atoms with Crippen LogP contribution < -0.4 is 0 Å². The van der Waals surface area contributed by atoms with Crippen LogP contribution in [-0.2, 0) is 5.41 Å². The van der Waals surface area contributed by atoms with Gasteiger partial charge >= 0.3 is 0 Å². The van der Waals surface area contributed by atoms with Gasteiger partial charge in [0.25, 0.3) is 0 Å². The minimum absolute atomic E-state index is 0.0166. The second-order valence-corrected chi connectivity index (χ2v) is 8.16. The number of rotatable bonds is 3. The monoisotopic (exact) mass is 422 g/mol. The molecule has 0 atom stereocenters. The number of fused-ring (bicyclic) bond motifs is 2. The van der Waals surface area contributed by atoms with E-state index >= 15 is 0 Å². The number of benzene rings is 5. The van der Waals surface area contributed by atoms with Crippen molar-refractivity contribution in [3.05, 3.63) is 108 Å². The molecule has 0 bridgehead atoms. The quantitative estimate of drug-likeness (QED) is 0.262. The fourth-order valence-corrected chi connectivity index (χ4v) is 4.92. The lowest BCUT2D eigenvalue weighted by Crippen LogP contribution is -2.26. The van der Waals surface area contributed by atoms with E-state index in [0.717, 1.165) is 5.56 Å². The highest BCUT2D eigenvalue weighted by molar-refractivity contribution is 5.98. The molecule has 5 rings (SSSR count). The summed E-state index contributed by atoms with van der Waals surface area (Å²) in [4.78, 5) is 0. The predicted octanol–water partition coefficient (Wildman–Crippen LogP) is 6.17. The minimum atomic E-state index is -1.02. The van der Waals surface area contributed by atoms with Crippen LogP contribution in [0.15, 0.2) is 91.0 Å². The van der Waals surface area contributed by atoms with Crippen molar-refractivity contribution in [1.82, 2.24) is 0 Å². The van der Waals surface area contributed by atoms with Gasteiger partial charge in [0, 0.05) is 34.0 Å². The third-order valence-corrected chi connectivity index (χ3v) is 6.36. The van der Waals surface area contributed by atoms with Gasteiger partial charge in [-0.1, -0.05) is 78.9 Å². The topological polar surface area (TPSA) is 80.9 Å². The maximum absolute atomic E-state index is 11.2. The van der Waals surface area contributed by atoms with Crippen LogP contribution in [0.4, 0.5) is 0 Å². The number of hydrogen-bond donors (Lipinski definition) is 4. The molecular formula is C28H22O4. The highest BCUT2D eigenvalue weighted by atomic mass is 16.3. The molecule has 158 valence electrons. The van der Waals surface area contributed by atoms with Crippen LogP contribution in [0.3, 0.4) is 0 Å². The zero-order valence-corrected chi connectivity index (χ0v) is 17.4. The normalized spacial score (nSPS) is 11.8. The molecule has 32 heavy (non-hydrogen) atoms. The molecule has 4 nitrogen and oxygen atoms in total. The average Bonchev–Trinajstić information content (AvgIpc) is 2.79. The van der Waals surface area contributed by atoms with E-state index in [0.29, 0.717) is 32.7 Å². The summed E-state index contributed by atoms with van der Waals surface area (Å²) < 4.78 is 0. The fourth-order valence-electron chi connectivity index (χ4n) is 4.92. The van der Waals surface area contributed by atoms with E-state index in [1.165, 1.54) is 12.1 Å². The maximum Gasteiger partial charge on any atom is 0.127 e. The van der Waals surface area contributed by atoms with Crippen LogP contribution in [0, 0.1) is 0 Å². The third kappa shape index (κ3) is 2.77. The molecule has 4 N–H and O–H groups in total. The molecule has 0 spiro atoms. The summed E-state index contributed by atoms with van der Waals surface area (Å²) in [5.41, 5.74) is 0.944. The van der Waals surface area contributed by atoms with E-state index in [-0.39, 0.29) is 23.0 Å². The van der Waals surface area contributed by atoms with Crippen molar-refractivity contribution in [3.63, 3.8) is 0 Å². The number of aromatic hydroxyl groups is 4. The van der Waals surface area contributed by atoms with Gasteiger partial charge in [-0.2, -0.15) is 0 Å². The van der Waals surface area contributed by atoms with Gasteiger partial charge in [-0.05, 0) is 23.3 Å². The van der Waals surface area contributed by atoms with E-state index in [9.17, 15) is 20.4 Å². The molecule has 0 amide bonds. The Hall–Kier alpha value is -4.18. The first-order valence-corrected chi connectivity index (χ1v) is 10.4. The second-order valence-electron chi connectivity index (χ2n) is 8.16. The largest absolute Gasteiger partial charge is 0.507 e. The molecular weight excluding hydrogens is 400 g/mol. The van der Waals surface area contributed by atoms with Crippen LogP contribution >= 0.6 is 0 Å².